The minimum absolute atomic E-state index is 0.0768. The first-order valence-electron chi connectivity index (χ1n) is 14.3. The normalized spacial score (nSPS) is 16.9. The lowest BCUT2D eigenvalue weighted by atomic mass is 9.88. The van der Waals surface area contributed by atoms with Gasteiger partial charge in [-0.15, -0.1) is 0 Å². The maximum atomic E-state index is 13.8. The lowest BCUT2D eigenvalue weighted by Gasteiger charge is -2.41. The van der Waals surface area contributed by atoms with Crippen molar-refractivity contribution in [2.24, 2.45) is 0 Å². The van der Waals surface area contributed by atoms with Crippen LogP contribution in [-0.2, 0) is 24.2 Å². The summed E-state index contributed by atoms with van der Waals surface area (Å²) in [5, 5.41) is 1.15. The topological polar surface area (TPSA) is 76.3 Å². The number of benzene rings is 3. The molecule has 8 nitrogen and oxygen atoms in total. The van der Waals surface area contributed by atoms with E-state index in [1.54, 1.807) is 14.2 Å². The van der Waals surface area contributed by atoms with Gasteiger partial charge in [0.2, 0.25) is 0 Å². The number of nitrogens with one attached hydrogen (secondary N) is 1. The summed E-state index contributed by atoms with van der Waals surface area (Å²) in [6.07, 6.45) is 4.42. The summed E-state index contributed by atoms with van der Waals surface area (Å²) < 4.78 is 23.0. The second-order valence-electron chi connectivity index (χ2n) is 10.6. The molecule has 2 aliphatic rings. The van der Waals surface area contributed by atoms with E-state index in [4.69, 9.17) is 18.9 Å². The number of hydrogen-bond donors (Lipinski definition) is 1. The average molecular weight is 556 g/mol. The highest BCUT2D eigenvalue weighted by Gasteiger charge is 2.35. The number of fused-ring (bicyclic) bond motifs is 2. The molecule has 1 aromatic heterocycles. The van der Waals surface area contributed by atoms with E-state index in [0.29, 0.717) is 45.2 Å². The largest absolute Gasteiger partial charge is 0.497 e. The van der Waals surface area contributed by atoms with Gasteiger partial charge in [-0.05, 0) is 71.8 Å². The van der Waals surface area contributed by atoms with E-state index in [-0.39, 0.29) is 12.1 Å². The number of carbonyl (C=O) groups is 1. The Hall–Kier alpha value is -4.17. The third kappa shape index (κ3) is 5.70. The summed E-state index contributed by atoms with van der Waals surface area (Å²) >= 11 is 0. The van der Waals surface area contributed by atoms with Crippen molar-refractivity contribution in [2.75, 3.05) is 47.1 Å². The predicted octanol–water partition coefficient (Wildman–Crippen LogP) is 5.75. The Kier molecular flexibility index (Phi) is 8.00. The zero-order valence-electron chi connectivity index (χ0n) is 23.7. The molecule has 0 spiro atoms. The van der Waals surface area contributed by atoms with Gasteiger partial charge in [0.25, 0.3) is 0 Å². The fourth-order valence-corrected chi connectivity index (χ4v) is 5.98. The molecule has 1 saturated heterocycles. The average Bonchev–Trinajstić information content (AvgIpc) is 3.44. The Morgan fingerprint density at radius 1 is 0.976 bits per heavy atom. The zero-order chi connectivity index (χ0) is 28.2. The van der Waals surface area contributed by atoms with Crippen molar-refractivity contribution in [3.05, 3.63) is 89.1 Å². The monoisotopic (exact) mass is 555 g/mol. The van der Waals surface area contributed by atoms with Gasteiger partial charge in [-0.1, -0.05) is 30.3 Å². The van der Waals surface area contributed by atoms with Crippen molar-refractivity contribution >= 4 is 16.9 Å². The molecular formula is C33H37N3O5. The number of nitrogens with zero attached hydrogens (tertiary/aromatic N) is 2. The number of ether oxygens (including phenoxy) is 4. The smallest absolute Gasteiger partial charge is 0.320 e. The number of methoxy groups -OCH3 is 2. The first kappa shape index (κ1) is 27.0. The van der Waals surface area contributed by atoms with Gasteiger partial charge in [0.1, 0.15) is 12.4 Å². The SMILES string of the molecule is COc1ccc2[nH]cc(CCC3c4cc(OC)c(OCc5ccccc5)cc4CCN3C(=O)N3CCOCC3)c2c1. The van der Waals surface area contributed by atoms with Crippen LogP contribution in [-0.4, -0.2) is 67.9 Å². The summed E-state index contributed by atoms with van der Waals surface area (Å²) in [6.45, 7) is 3.51. The maximum Gasteiger partial charge on any atom is 0.320 e. The van der Waals surface area contributed by atoms with Crippen LogP contribution in [0.15, 0.2) is 66.9 Å². The number of aromatic nitrogens is 1. The summed E-state index contributed by atoms with van der Waals surface area (Å²) in [5.41, 5.74) is 5.71. The van der Waals surface area contributed by atoms with Gasteiger partial charge in [-0.25, -0.2) is 4.79 Å². The number of carbonyl (C=O) groups excluding carboxylic acids is 1. The molecular weight excluding hydrogens is 518 g/mol. The van der Waals surface area contributed by atoms with Gasteiger partial charge < -0.3 is 33.7 Å². The minimum Gasteiger partial charge on any atom is -0.497 e. The third-order valence-electron chi connectivity index (χ3n) is 8.21. The van der Waals surface area contributed by atoms with E-state index in [1.165, 1.54) is 11.1 Å². The summed E-state index contributed by atoms with van der Waals surface area (Å²) in [5.74, 6) is 2.24. The van der Waals surface area contributed by atoms with E-state index in [9.17, 15) is 4.79 Å². The first-order chi connectivity index (χ1) is 20.1. The second-order valence-corrected chi connectivity index (χ2v) is 10.6. The lowest BCUT2D eigenvalue weighted by molar-refractivity contribution is 0.0376. The van der Waals surface area contributed by atoms with Gasteiger partial charge in [0.15, 0.2) is 11.5 Å². The number of aryl methyl sites for hydroxylation is 1. The number of urea groups is 1. The molecule has 2 amide bonds. The molecule has 3 aromatic carbocycles. The lowest BCUT2D eigenvalue weighted by Crippen LogP contribution is -2.51. The first-order valence-corrected chi connectivity index (χ1v) is 14.3. The third-order valence-corrected chi connectivity index (χ3v) is 8.21. The van der Waals surface area contributed by atoms with E-state index < -0.39 is 0 Å². The van der Waals surface area contributed by atoms with Crippen molar-refractivity contribution in [3.8, 4) is 17.2 Å². The predicted molar refractivity (Wildman–Crippen MR) is 158 cm³/mol. The van der Waals surface area contributed by atoms with Crippen LogP contribution in [0, 0.1) is 0 Å². The molecule has 2 aliphatic heterocycles. The molecule has 3 heterocycles. The standard InChI is InChI=1S/C33H37N3O5/c1-38-26-9-10-29-27(19-26)25(21-34-29)8-11-30-28-20-31(39-2)32(41-22-23-6-4-3-5-7-23)18-24(28)12-13-36(30)33(37)35-14-16-40-17-15-35/h3-7,9-10,18-21,30,34H,8,11-17,22H2,1-2H3. The molecule has 214 valence electrons. The van der Waals surface area contributed by atoms with Gasteiger partial charge in [-0.2, -0.15) is 0 Å². The number of H-pyrrole nitrogens is 1. The molecule has 1 fully saturated rings. The molecule has 0 aliphatic carbocycles. The van der Waals surface area contributed by atoms with Gasteiger partial charge in [0.05, 0.1) is 33.5 Å². The highest BCUT2D eigenvalue weighted by Crippen LogP contribution is 2.41. The van der Waals surface area contributed by atoms with Gasteiger partial charge in [0, 0.05) is 36.7 Å². The Morgan fingerprint density at radius 2 is 1.80 bits per heavy atom. The van der Waals surface area contributed by atoms with Crippen molar-refractivity contribution < 1.29 is 23.7 Å². The quantitative estimate of drug-likeness (QED) is 0.300. The molecule has 4 aromatic rings. The molecule has 1 N–H and O–H groups in total. The molecule has 41 heavy (non-hydrogen) atoms. The van der Waals surface area contributed by atoms with Crippen LogP contribution >= 0.6 is 0 Å². The Morgan fingerprint density at radius 3 is 2.59 bits per heavy atom. The molecule has 1 atom stereocenters. The molecule has 1 unspecified atom stereocenters. The number of aromatic amines is 1. The van der Waals surface area contributed by atoms with E-state index in [0.717, 1.165) is 52.8 Å². The van der Waals surface area contributed by atoms with E-state index in [1.807, 2.05) is 40.1 Å². The Bertz CT molecular complexity index is 1500. The molecule has 8 heteroatoms. The highest BCUT2D eigenvalue weighted by atomic mass is 16.5. The van der Waals surface area contributed by atoms with Crippen LogP contribution in [0.3, 0.4) is 0 Å². The van der Waals surface area contributed by atoms with E-state index >= 15 is 0 Å². The number of amides is 2. The van der Waals surface area contributed by atoms with Gasteiger partial charge in [-0.3, -0.25) is 0 Å². The summed E-state index contributed by atoms with van der Waals surface area (Å²) in [7, 11) is 3.36. The van der Waals surface area contributed by atoms with Crippen LogP contribution in [0.4, 0.5) is 4.79 Å². The molecule has 0 radical (unpaired) electrons. The van der Waals surface area contributed by atoms with Crippen LogP contribution in [0.1, 0.15) is 34.7 Å². The molecule has 0 bridgehead atoms. The number of rotatable bonds is 8. The van der Waals surface area contributed by atoms with Crippen molar-refractivity contribution in [1.29, 1.82) is 0 Å². The fourth-order valence-electron chi connectivity index (χ4n) is 5.98. The Balaban J connectivity index is 1.31. The molecule has 0 saturated carbocycles. The second kappa shape index (κ2) is 12.1. The van der Waals surface area contributed by atoms with Crippen molar-refractivity contribution in [1.82, 2.24) is 14.8 Å². The fraction of sp³-hybridized carbons (Fsp3) is 0.364. The van der Waals surface area contributed by atoms with Crippen LogP contribution < -0.4 is 14.2 Å². The minimum atomic E-state index is -0.0956. The summed E-state index contributed by atoms with van der Waals surface area (Å²) in [4.78, 5) is 21.2. The van der Waals surface area contributed by atoms with E-state index in [2.05, 4.69) is 41.5 Å². The Labute approximate surface area is 240 Å². The van der Waals surface area contributed by atoms with Gasteiger partial charge >= 0.3 is 6.03 Å². The number of morpholine rings is 1. The highest BCUT2D eigenvalue weighted by molar-refractivity contribution is 5.84. The van der Waals surface area contributed by atoms with Crippen molar-refractivity contribution in [2.45, 2.75) is 31.9 Å². The zero-order valence-corrected chi connectivity index (χ0v) is 23.7. The van der Waals surface area contributed by atoms with Crippen LogP contribution in [0.25, 0.3) is 10.9 Å². The van der Waals surface area contributed by atoms with Crippen LogP contribution in [0.2, 0.25) is 0 Å². The van der Waals surface area contributed by atoms with Crippen LogP contribution in [0.5, 0.6) is 17.2 Å². The molecule has 6 rings (SSSR count). The summed E-state index contributed by atoms with van der Waals surface area (Å²) in [6, 6.07) is 20.4. The van der Waals surface area contributed by atoms with Crippen molar-refractivity contribution in [3.63, 3.8) is 0 Å². The maximum absolute atomic E-state index is 13.8. The number of hydrogen-bond acceptors (Lipinski definition) is 5.